The molecule has 21 heteroatoms. The maximum absolute atomic E-state index is 13.3. The molecule has 0 rings (SSSR count). The third kappa shape index (κ3) is 39.6. The summed E-state index contributed by atoms with van der Waals surface area (Å²) < 4.78 is 21.1. The highest BCUT2D eigenvalue weighted by molar-refractivity contribution is 6.02. The van der Waals surface area contributed by atoms with E-state index in [9.17, 15) is 33.6 Å². The van der Waals surface area contributed by atoms with Crippen LogP contribution in [-0.4, -0.2) is 121 Å². The van der Waals surface area contributed by atoms with Gasteiger partial charge in [0.15, 0.2) is 0 Å². The number of hydrogen-bond donors (Lipinski definition) is 8. The Morgan fingerprint density at radius 1 is 0.500 bits per heavy atom. The molecule has 2 atom stereocenters. The van der Waals surface area contributed by atoms with E-state index < -0.39 is 52.8 Å². The number of ether oxygens (including phenoxy) is 4. The summed E-state index contributed by atoms with van der Waals surface area (Å²) >= 11 is 0. The SMILES string of the molecule is CCCCCCC[C@H](CC(=O)NCCCCCN=C(NC(=O)OC(C)(C)C)NC(=O)OC(C)(C)C)NCC(=O)N[C@@H](CC(C)C)C(=O)NCCCCN=C(NC(=O)OC(C)(C)C)NC(=O)OC(C)(C)C. The van der Waals surface area contributed by atoms with Gasteiger partial charge in [0.1, 0.15) is 28.4 Å². The van der Waals surface area contributed by atoms with Crippen molar-refractivity contribution < 1.29 is 52.5 Å². The summed E-state index contributed by atoms with van der Waals surface area (Å²) in [6.07, 6.45) is 6.40. The monoisotopic (exact) mass is 997 g/mol. The van der Waals surface area contributed by atoms with Crippen molar-refractivity contribution in [3.8, 4) is 0 Å². The van der Waals surface area contributed by atoms with E-state index in [1.165, 1.54) is 0 Å². The highest BCUT2D eigenvalue weighted by Crippen LogP contribution is 2.12. The van der Waals surface area contributed by atoms with Gasteiger partial charge in [-0.3, -0.25) is 45.6 Å². The van der Waals surface area contributed by atoms with E-state index in [1.54, 1.807) is 83.1 Å². The molecule has 0 saturated heterocycles. The number of rotatable bonds is 26. The first kappa shape index (κ1) is 64.8. The minimum atomic E-state index is -0.796. The topological polar surface area (TPSA) is 277 Å². The number of nitrogens with zero attached hydrogens (tertiary/aromatic N) is 2. The smallest absolute Gasteiger partial charge is 0.414 e. The molecule has 7 amide bonds. The Morgan fingerprint density at radius 3 is 1.33 bits per heavy atom. The van der Waals surface area contributed by atoms with Crippen molar-refractivity contribution in [1.29, 1.82) is 0 Å². The molecule has 0 unspecified atom stereocenters. The number of carbonyl (C=O) groups is 7. The maximum atomic E-state index is 13.3. The van der Waals surface area contributed by atoms with E-state index in [4.69, 9.17) is 18.9 Å². The van der Waals surface area contributed by atoms with Crippen molar-refractivity contribution in [2.24, 2.45) is 15.9 Å². The number of nitrogens with one attached hydrogen (secondary N) is 8. The van der Waals surface area contributed by atoms with Crippen LogP contribution in [-0.2, 0) is 33.3 Å². The summed E-state index contributed by atoms with van der Waals surface area (Å²) in [5, 5.41) is 21.8. The number of unbranched alkanes of at least 4 members (excludes halogenated alkanes) is 7. The molecule has 0 saturated carbocycles. The molecule has 0 radical (unpaired) electrons. The molecule has 0 aliphatic carbocycles. The van der Waals surface area contributed by atoms with Crippen molar-refractivity contribution in [3.05, 3.63) is 0 Å². The van der Waals surface area contributed by atoms with Gasteiger partial charge in [-0.15, -0.1) is 0 Å². The van der Waals surface area contributed by atoms with Crippen LogP contribution in [0.5, 0.6) is 0 Å². The number of carbonyl (C=O) groups excluding carboxylic acids is 7. The summed E-state index contributed by atoms with van der Waals surface area (Å²) in [5.74, 6) is -0.936. The number of guanidine groups is 2. The normalized spacial score (nSPS) is 12.6. The molecular formula is C49H92N10O11. The number of hydrogen-bond acceptors (Lipinski definition) is 14. The third-order valence-corrected chi connectivity index (χ3v) is 9.06. The van der Waals surface area contributed by atoms with Gasteiger partial charge in [-0.1, -0.05) is 52.9 Å². The van der Waals surface area contributed by atoms with Gasteiger partial charge in [0, 0.05) is 38.6 Å². The lowest BCUT2D eigenvalue weighted by molar-refractivity contribution is -0.129. The second-order valence-corrected chi connectivity index (χ2v) is 21.6. The van der Waals surface area contributed by atoms with Gasteiger partial charge in [-0.2, -0.15) is 0 Å². The maximum Gasteiger partial charge on any atom is 0.414 e. The van der Waals surface area contributed by atoms with Crippen LogP contribution in [0.15, 0.2) is 9.98 Å². The fourth-order valence-electron chi connectivity index (χ4n) is 6.17. The zero-order valence-electron chi connectivity index (χ0n) is 45.3. The van der Waals surface area contributed by atoms with Crippen molar-refractivity contribution in [2.75, 3.05) is 32.7 Å². The molecule has 70 heavy (non-hydrogen) atoms. The zero-order valence-corrected chi connectivity index (χ0v) is 45.3. The van der Waals surface area contributed by atoms with Crippen molar-refractivity contribution >= 4 is 54.0 Å². The molecule has 21 nitrogen and oxygen atoms in total. The molecule has 404 valence electrons. The molecule has 0 bridgehead atoms. The van der Waals surface area contributed by atoms with Crippen LogP contribution in [0.3, 0.4) is 0 Å². The number of aliphatic imine (C=N–C) groups is 2. The predicted molar refractivity (Wildman–Crippen MR) is 272 cm³/mol. The highest BCUT2D eigenvalue weighted by atomic mass is 16.6. The first-order valence-electron chi connectivity index (χ1n) is 25.0. The van der Waals surface area contributed by atoms with Crippen LogP contribution < -0.4 is 42.5 Å². The largest absolute Gasteiger partial charge is 0.444 e. The molecule has 0 aromatic carbocycles. The Kier molecular flexibility index (Phi) is 30.9. The molecule has 0 fully saturated rings. The lowest BCUT2D eigenvalue weighted by Gasteiger charge is -2.22. The molecule has 0 aliphatic rings. The van der Waals surface area contributed by atoms with E-state index in [0.717, 1.165) is 32.1 Å². The van der Waals surface area contributed by atoms with Gasteiger partial charge < -0.3 is 40.2 Å². The van der Waals surface area contributed by atoms with Crippen LogP contribution in [0.25, 0.3) is 0 Å². The van der Waals surface area contributed by atoms with Gasteiger partial charge >= 0.3 is 24.4 Å². The average molecular weight is 997 g/mol. The van der Waals surface area contributed by atoms with Crippen molar-refractivity contribution in [3.63, 3.8) is 0 Å². The predicted octanol–water partition coefficient (Wildman–Crippen LogP) is 7.22. The Hall–Kier alpha value is -5.21. The summed E-state index contributed by atoms with van der Waals surface area (Å²) in [6.45, 7) is 27.8. The van der Waals surface area contributed by atoms with Gasteiger partial charge in [0.05, 0.1) is 6.54 Å². The second kappa shape index (κ2) is 33.4. The number of alkyl carbamates (subject to hydrolysis) is 4. The Morgan fingerprint density at radius 2 is 0.900 bits per heavy atom. The quantitative estimate of drug-likeness (QED) is 0.0185. The van der Waals surface area contributed by atoms with Gasteiger partial charge in [0.2, 0.25) is 29.6 Å². The minimum Gasteiger partial charge on any atom is -0.444 e. The summed E-state index contributed by atoms with van der Waals surface area (Å²) in [6, 6.07) is -1.03. The first-order chi connectivity index (χ1) is 32.4. The Labute approximate surface area is 418 Å². The molecule has 0 aromatic heterocycles. The van der Waals surface area contributed by atoms with Gasteiger partial charge in [-0.25, -0.2) is 19.2 Å². The van der Waals surface area contributed by atoms with Gasteiger partial charge in [0.25, 0.3) is 0 Å². The molecule has 8 N–H and O–H groups in total. The lowest BCUT2D eigenvalue weighted by Crippen LogP contribution is -2.50. The van der Waals surface area contributed by atoms with Crippen LogP contribution >= 0.6 is 0 Å². The average Bonchev–Trinajstić information content (AvgIpc) is 3.17. The summed E-state index contributed by atoms with van der Waals surface area (Å²) in [4.78, 5) is 97.8. The lowest BCUT2D eigenvalue weighted by atomic mass is 10.0. The molecule has 0 aliphatic heterocycles. The molecule has 0 spiro atoms. The Balaban J connectivity index is 5.30. The second-order valence-electron chi connectivity index (χ2n) is 21.6. The van der Waals surface area contributed by atoms with Crippen molar-refractivity contribution in [2.45, 2.75) is 222 Å². The van der Waals surface area contributed by atoms with Crippen LogP contribution in [0.1, 0.15) is 187 Å². The van der Waals surface area contributed by atoms with E-state index in [-0.39, 0.29) is 67.7 Å². The number of amides is 7. The zero-order chi connectivity index (χ0) is 53.6. The third-order valence-electron chi connectivity index (χ3n) is 9.06. The van der Waals surface area contributed by atoms with Crippen molar-refractivity contribution in [1.82, 2.24) is 42.5 Å². The minimum absolute atomic E-state index is 0.0716. The van der Waals surface area contributed by atoms with Gasteiger partial charge in [-0.05, 0) is 134 Å². The molecular weight excluding hydrogens is 905 g/mol. The summed E-state index contributed by atoms with van der Waals surface area (Å²) in [7, 11) is 0. The standard InChI is InChI=1S/C49H92N10O11/c1-16-17-18-19-21-26-35(32-37(60)50-27-22-20-23-29-52-40(56-42(63)67-46(4,5)6)57-43(64)68-47(7,8)9)54-33-38(61)55-36(31-34(2)3)39(62)51-28-24-25-30-53-41(58-44(65)69-48(10,11)12)59-45(66)70-49(13,14)15/h34-36,54H,16-33H2,1-15H3,(H,50,60)(H,51,62)(H,55,61)(H2,52,56,57,63,64)(H2,53,58,59,65,66)/t35-,36+/m1/s1. The van der Waals surface area contributed by atoms with Crippen LogP contribution in [0, 0.1) is 5.92 Å². The van der Waals surface area contributed by atoms with E-state index >= 15 is 0 Å². The fourth-order valence-corrected chi connectivity index (χ4v) is 6.17. The Bertz CT molecular complexity index is 1610. The molecule has 0 heterocycles. The first-order valence-corrected chi connectivity index (χ1v) is 25.0. The fraction of sp³-hybridized carbons (Fsp3) is 0.816. The van der Waals surface area contributed by atoms with Crippen LogP contribution in [0.4, 0.5) is 19.2 Å². The van der Waals surface area contributed by atoms with E-state index in [0.29, 0.717) is 58.0 Å². The van der Waals surface area contributed by atoms with Crippen LogP contribution in [0.2, 0.25) is 0 Å². The summed E-state index contributed by atoms with van der Waals surface area (Å²) in [5.41, 5.74) is -3.05. The van der Waals surface area contributed by atoms with E-state index in [1.807, 2.05) is 13.8 Å². The highest BCUT2D eigenvalue weighted by Gasteiger charge is 2.25. The van der Waals surface area contributed by atoms with E-state index in [2.05, 4.69) is 59.4 Å². The molecule has 0 aromatic rings.